The van der Waals surface area contributed by atoms with Crippen LogP contribution in [0.3, 0.4) is 0 Å². The first-order chi connectivity index (χ1) is 13.1. The number of phenols is 1. The average molecular weight is 368 g/mol. The van der Waals surface area contributed by atoms with Crippen molar-refractivity contribution in [2.24, 2.45) is 0 Å². The van der Waals surface area contributed by atoms with Gasteiger partial charge in [-0.2, -0.15) is 5.06 Å². The van der Waals surface area contributed by atoms with Crippen LogP contribution in [-0.4, -0.2) is 40.2 Å². The second-order valence-electron chi connectivity index (χ2n) is 6.47. The molecule has 2 aliphatic rings. The predicted molar refractivity (Wildman–Crippen MR) is 95.4 cm³/mol. The van der Waals surface area contributed by atoms with Gasteiger partial charge in [0.05, 0.1) is 13.2 Å². The number of carbonyl (C=O) groups excluding carboxylic acids is 2. The third-order valence-electron chi connectivity index (χ3n) is 4.87. The molecule has 1 N–H and O–H groups in total. The molecule has 1 saturated heterocycles. The van der Waals surface area contributed by atoms with Crippen LogP contribution in [0, 0.1) is 0 Å². The molecule has 7 nitrogen and oxygen atoms in total. The van der Waals surface area contributed by atoms with E-state index in [9.17, 15) is 14.7 Å². The van der Waals surface area contributed by atoms with Crippen LogP contribution in [0.4, 0.5) is 4.79 Å². The number of nitrogens with zero attached hydrogens (tertiary/aromatic N) is 2. The van der Waals surface area contributed by atoms with Crippen molar-refractivity contribution >= 4 is 12.0 Å². The van der Waals surface area contributed by atoms with Gasteiger partial charge in [0.25, 0.3) is 0 Å². The molecule has 2 aliphatic heterocycles. The molecule has 0 saturated carbocycles. The largest absolute Gasteiger partial charge is 0.508 e. The molecule has 0 spiro atoms. The van der Waals surface area contributed by atoms with E-state index in [1.807, 2.05) is 30.3 Å². The number of hydrogen-bond acceptors (Lipinski definition) is 5. The fourth-order valence-electron chi connectivity index (χ4n) is 3.70. The molecule has 0 unspecified atom stereocenters. The van der Waals surface area contributed by atoms with Crippen molar-refractivity contribution in [1.82, 2.24) is 9.96 Å². The highest BCUT2D eigenvalue weighted by Crippen LogP contribution is 2.47. The number of aromatic hydroxyl groups is 1. The zero-order valence-corrected chi connectivity index (χ0v) is 14.9. The van der Waals surface area contributed by atoms with Crippen LogP contribution in [0.5, 0.6) is 5.75 Å². The lowest BCUT2D eigenvalue weighted by Gasteiger charge is -2.31. The molecular formula is C20H20N2O5. The fraction of sp³-hybridized carbons (Fsp3) is 0.300. The Balaban J connectivity index is 1.68. The lowest BCUT2D eigenvalue weighted by molar-refractivity contribution is -0.149. The van der Waals surface area contributed by atoms with Gasteiger partial charge in [-0.25, -0.2) is 9.59 Å². The van der Waals surface area contributed by atoms with E-state index in [1.165, 1.54) is 9.96 Å². The molecule has 140 valence electrons. The Bertz CT molecular complexity index is 870. The maximum atomic E-state index is 12.9. The lowest BCUT2D eigenvalue weighted by Crippen LogP contribution is -2.39. The van der Waals surface area contributed by atoms with E-state index in [2.05, 4.69) is 0 Å². The van der Waals surface area contributed by atoms with Gasteiger partial charge >= 0.3 is 12.0 Å². The van der Waals surface area contributed by atoms with Gasteiger partial charge in [0.2, 0.25) is 0 Å². The number of carbonyl (C=O) groups is 2. The van der Waals surface area contributed by atoms with Crippen LogP contribution >= 0.6 is 0 Å². The van der Waals surface area contributed by atoms with Crippen molar-refractivity contribution < 1.29 is 24.3 Å². The first-order valence-electron chi connectivity index (χ1n) is 8.87. The molecule has 4 rings (SSSR count). The van der Waals surface area contributed by atoms with E-state index < -0.39 is 24.1 Å². The Morgan fingerprint density at radius 1 is 1.19 bits per heavy atom. The number of hydrogen-bond donors (Lipinski definition) is 1. The zero-order valence-electron chi connectivity index (χ0n) is 14.9. The smallest absolute Gasteiger partial charge is 0.345 e. The van der Waals surface area contributed by atoms with Crippen molar-refractivity contribution in [2.45, 2.75) is 25.6 Å². The van der Waals surface area contributed by atoms with Crippen LogP contribution in [0.1, 0.15) is 35.7 Å². The second-order valence-corrected chi connectivity index (χ2v) is 6.47. The number of phenolic OH excluding ortho intramolecular Hbond substituents is 1. The minimum absolute atomic E-state index is 0.0365. The fourth-order valence-corrected chi connectivity index (χ4v) is 3.70. The number of hydroxylamine groups is 2. The Morgan fingerprint density at radius 2 is 1.96 bits per heavy atom. The average Bonchev–Trinajstić information content (AvgIpc) is 2.93. The Kier molecular flexibility index (Phi) is 4.45. The highest BCUT2D eigenvalue weighted by Gasteiger charge is 2.52. The molecule has 0 aromatic heterocycles. The van der Waals surface area contributed by atoms with Gasteiger partial charge in [0.1, 0.15) is 18.4 Å². The SMILES string of the molecule is CCOC(=O)[C@H]1c2cccc(O)c2[C@@H]2CN1C(=O)N2OCc1ccccc1. The maximum absolute atomic E-state index is 12.9. The number of esters is 1. The second kappa shape index (κ2) is 6.92. The molecular weight excluding hydrogens is 348 g/mol. The molecule has 0 aliphatic carbocycles. The normalized spacial score (nSPS) is 20.6. The molecule has 2 bridgehead atoms. The number of urea groups is 1. The van der Waals surface area contributed by atoms with Gasteiger partial charge < -0.3 is 14.7 Å². The summed E-state index contributed by atoms with van der Waals surface area (Å²) in [5.41, 5.74) is 2.02. The lowest BCUT2D eigenvalue weighted by atomic mass is 9.90. The summed E-state index contributed by atoms with van der Waals surface area (Å²) in [5.74, 6) is -0.476. The summed E-state index contributed by atoms with van der Waals surface area (Å²) >= 11 is 0. The molecule has 1 fully saturated rings. The summed E-state index contributed by atoms with van der Waals surface area (Å²) in [6, 6.07) is 12.7. The van der Waals surface area contributed by atoms with Gasteiger partial charge in [-0.05, 0) is 24.1 Å². The molecule has 2 aromatic rings. The monoisotopic (exact) mass is 368 g/mol. The summed E-state index contributed by atoms with van der Waals surface area (Å²) in [6.07, 6.45) is 0. The highest BCUT2D eigenvalue weighted by molar-refractivity contribution is 5.88. The molecule has 2 heterocycles. The van der Waals surface area contributed by atoms with E-state index in [4.69, 9.17) is 9.57 Å². The standard InChI is InChI=1S/C20H20N2O5/c1-2-26-19(24)18-14-9-6-10-16(23)17(14)15-11-21(18)20(25)22(15)27-12-13-7-4-3-5-8-13/h3-10,15,18,23H,2,11-12H2,1H3/t15-,18+/m0/s1. The Morgan fingerprint density at radius 3 is 2.70 bits per heavy atom. The predicted octanol–water partition coefficient (Wildman–Crippen LogP) is 2.92. The summed E-state index contributed by atoms with van der Waals surface area (Å²) in [6.45, 7) is 2.39. The van der Waals surface area contributed by atoms with Crippen LogP contribution in [-0.2, 0) is 21.0 Å². The van der Waals surface area contributed by atoms with E-state index in [0.717, 1.165) is 5.56 Å². The summed E-state index contributed by atoms with van der Waals surface area (Å²) in [4.78, 5) is 32.7. The molecule has 7 heteroatoms. The topological polar surface area (TPSA) is 79.3 Å². The van der Waals surface area contributed by atoms with Crippen LogP contribution in [0.15, 0.2) is 48.5 Å². The quantitative estimate of drug-likeness (QED) is 0.821. The minimum atomic E-state index is -0.888. The number of ether oxygens (including phenoxy) is 1. The van der Waals surface area contributed by atoms with Crippen molar-refractivity contribution in [2.75, 3.05) is 13.2 Å². The number of benzene rings is 2. The van der Waals surface area contributed by atoms with E-state index in [1.54, 1.807) is 25.1 Å². The first kappa shape index (κ1) is 17.4. The van der Waals surface area contributed by atoms with Gasteiger partial charge in [-0.1, -0.05) is 42.5 Å². The number of fused-ring (bicyclic) bond motifs is 4. The van der Waals surface area contributed by atoms with Gasteiger partial charge in [-0.15, -0.1) is 0 Å². The molecule has 2 atom stereocenters. The first-order valence-corrected chi connectivity index (χ1v) is 8.87. The van der Waals surface area contributed by atoms with Gasteiger partial charge in [-0.3, -0.25) is 4.84 Å². The van der Waals surface area contributed by atoms with Crippen molar-refractivity contribution in [1.29, 1.82) is 0 Å². The highest BCUT2D eigenvalue weighted by atomic mass is 16.7. The van der Waals surface area contributed by atoms with Crippen LogP contribution in [0.25, 0.3) is 0 Å². The third-order valence-corrected chi connectivity index (χ3v) is 4.87. The molecule has 2 aromatic carbocycles. The molecule has 2 amide bonds. The van der Waals surface area contributed by atoms with E-state index >= 15 is 0 Å². The van der Waals surface area contributed by atoms with Crippen LogP contribution < -0.4 is 0 Å². The maximum Gasteiger partial charge on any atom is 0.345 e. The zero-order chi connectivity index (χ0) is 19.0. The Hall–Kier alpha value is -3.06. The van der Waals surface area contributed by atoms with E-state index in [0.29, 0.717) is 11.1 Å². The summed E-state index contributed by atoms with van der Waals surface area (Å²) in [5, 5.41) is 11.7. The summed E-state index contributed by atoms with van der Waals surface area (Å²) < 4.78 is 5.17. The third kappa shape index (κ3) is 2.90. The number of rotatable bonds is 5. The molecule has 27 heavy (non-hydrogen) atoms. The van der Waals surface area contributed by atoms with E-state index in [-0.39, 0.29) is 25.5 Å². The van der Waals surface area contributed by atoms with Crippen molar-refractivity contribution in [3.8, 4) is 5.75 Å². The van der Waals surface area contributed by atoms with Gasteiger partial charge in [0.15, 0.2) is 6.04 Å². The summed E-state index contributed by atoms with van der Waals surface area (Å²) in [7, 11) is 0. The number of amides is 2. The van der Waals surface area contributed by atoms with Crippen molar-refractivity contribution in [3.05, 3.63) is 65.2 Å². The molecule has 0 radical (unpaired) electrons. The van der Waals surface area contributed by atoms with Gasteiger partial charge in [0, 0.05) is 5.56 Å². The van der Waals surface area contributed by atoms with Crippen LogP contribution in [0.2, 0.25) is 0 Å². The minimum Gasteiger partial charge on any atom is -0.508 e. The van der Waals surface area contributed by atoms with Crippen molar-refractivity contribution in [3.63, 3.8) is 0 Å². The Labute approximate surface area is 156 Å².